The molecule has 1 rings (SSSR count). The van der Waals surface area contributed by atoms with Crippen molar-refractivity contribution in [3.8, 4) is 0 Å². The van der Waals surface area contributed by atoms with E-state index in [9.17, 15) is 9.59 Å². The summed E-state index contributed by atoms with van der Waals surface area (Å²) in [7, 11) is 5.19. The van der Waals surface area contributed by atoms with E-state index < -0.39 is 5.97 Å². The molecule has 0 fully saturated rings. The second-order valence-electron chi connectivity index (χ2n) is 4.92. The molecule has 0 saturated carbocycles. The summed E-state index contributed by atoms with van der Waals surface area (Å²) in [4.78, 5) is 26.0. The van der Waals surface area contributed by atoms with E-state index >= 15 is 0 Å². The number of carboxylic acid groups (broad SMARTS) is 1. The Labute approximate surface area is 124 Å². The normalized spacial score (nSPS) is 10.9. The van der Waals surface area contributed by atoms with E-state index in [0.29, 0.717) is 12.1 Å². The summed E-state index contributed by atoms with van der Waals surface area (Å²) in [5.41, 5.74) is 1.44. The van der Waals surface area contributed by atoms with Gasteiger partial charge in [-0.15, -0.1) is 0 Å². The van der Waals surface area contributed by atoms with Crippen molar-refractivity contribution in [2.24, 2.45) is 7.05 Å². The summed E-state index contributed by atoms with van der Waals surface area (Å²) in [6.07, 6.45) is 2.60. The first-order valence-electron chi connectivity index (χ1n) is 6.67. The standard InChI is InChI=1S/C14H22N4O3/c1-6-18(9-12(19)16(3)4)14-11(7-8-13(20)21)10(2)15-17(14)5/h7-8H,6,9H2,1-5H3,(H,20,21). The lowest BCUT2D eigenvalue weighted by molar-refractivity contribution is -0.131. The van der Waals surface area contributed by atoms with Crippen LogP contribution in [0.4, 0.5) is 5.82 Å². The summed E-state index contributed by atoms with van der Waals surface area (Å²) in [5, 5.41) is 13.1. The molecule has 7 nitrogen and oxygen atoms in total. The van der Waals surface area contributed by atoms with Crippen molar-refractivity contribution in [1.29, 1.82) is 0 Å². The minimum atomic E-state index is -1.02. The fraction of sp³-hybridized carbons (Fsp3) is 0.500. The quantitative estimate of drug-likeness (QED) is 0.783. The number of hydrogen-bond acceptors (Lipinski definition) is 4. The molecular formula is C14H22N4O3. The van der Waals surface area contributed by atoms with Crippen molar-refractivity contribution in [3.63, 3.8) is 0 Å². The minimum absolute atomic E-state index is 0.0242. The molecule has 0 aliphatic heterocycles. The number of rotatable bonds is 6. The number of carbonyl (C=O) groups is 2. The molecule has 0 unspecified atom stereocenters. The van der Waals surface area contributed by atoms with E-state index in [1.807, 2.05) is 18.7 Å². The van der Waals surface area contributed by atoms with E-state index in [1.54, 1.807) is 25.8 Å². The van der Waals surface area contributed by atoms with Crippen molar-refractivity contribution in [1.82, 2.24) is 14.7 Å². The molecule has 0 atom stereocenters. The van der Waals surface area contributed by atoms with E-state index in [4.69, 9.17) is 5.11 Å². The first-order chi connectivity index (χ1) is 9.77. The molecule has 21 heavy (non-hydrogen) atoms. The molecule has 116 valence electrons. The molecular weight excluding hydrogens is 272 g/mol. The molecule has 1 aromatic heterocycles. The van der Waals surface area contributed by atoms with Crippen molar-refractivity contribution in [3.05, 3.63) is 17.3 Å². The first kappa shape index (κ1) is 16.7. The van der Waals surface area contributed by atoms with Crippen LogP contribution in [0.5, 0.6) is 0 Å². The van der Waals surface area contributed by atoms with E-state index in [-0.39, 0.29) is 12.5 Å². The lowest BCUT2D eigenvalue weighted by atomic mass is 10.2. The molecule has 7 heteroatoms. The third kappa shape index (κ3) is 4.08. The number of aliphatic carboxylic acids is 1. The Bertz CT molecular complexity index is 561. The number of amides is 1. The number of likely N-dealkylation sites (N-methyl/N-ethyl adjacent to an activating group) is 2. The summed E-state index contributed by atoms with van der Waals surface area (Å²) in [5.74, 6) is -0.303. The molecule has 0 bridgehead atoms. The number of anilines is 1. The molecule has 1 aromatic rings. The predicted octanol–water partition coefficient (Wildman–Crippen LogP) is 0.741. The van der Waals surface area contributed by atoms with E-state index in [1.165, 1.54) is 11.0 Å². The number of carboxylic acids is 1. The van der Waals surface area contributed by atoms with Crippen LogP contribution in [0.25, 0.3) is 6.08 Å². The number of nitrogens with zero attached hydrogens (tertiary/aromatic N) is 4. The van der Waals surface area contributed by atoms with Gasteiger partial charge in [-0.1, -0.05) is 0 Å². The van der Waals surface area contributed by atoms with Crippen LogP contribution in [0.1, 0.15) is 18.2 Å². The van der Waals surface area contributed by atoms with Crippen LogP contribution in [0.2, 0.25) is 0 Å². The highest BCUT2D eigenvalue weighted by atomic mass is 16.4. The van der Waals surface area contributed by atoms with E-state index in [0.717, 1.165) is 17.6 Å². The lowest BCUT2D eigenvalue weighted by Crippen LogP contribution is -2.37. The van der Waals surface area contributed by atoms with Crippen molar-refractivity contribution >= 4 is 23.8 Å². The van der Waals surface area contributed by atoms with Gasteiger partial charge in [0.1, 0.15) is 5.82 Å². The third-order valence-electron chi connectivity index (χ3n) is 3.14. The molecule has 1 heterocycles. The Morgan fingerprint density at radius 3 is 2.48 bits per heavy atom. The molecule has 0 radical (unpaired) electrons. The number of carbonyl (C=O) groups excluding carboxylic acids is 1. The van der Waals surface area contributed by atoms with Gasteiger partial charge in [-0.05, 0) is 19.9 Å². The van der Waals surface area contributed by atoms with Crippen LogP contribution in [0.15, 0.2) is 6.08 Å². The monoisotopic (exact) mass is 294 g/mol. The van der Waals surface area contributed by atoms with Crippen LogP contribution in [-0.4, -0.2) is 58.8 Å². The highest BCUT2D eigenvalue weighted by Crippen LogP contribution is 2.24. The van der Waals surface area contributed by atoms with Gasteiger partial charge >= 0.3 is 5.97 Å². The molecule has 0 aliphatic carbocycles. The second-order valence-corrected chi connectivity index (χ2v) is 4.92. The fourth-order valence-corrected chi connectivity index (χ4v) is 2.03. The summed E-state index contributed by atoms with van der Waals surface area (Å²) < 4.78 is 1.67. The Hall–Kier alpha value is -2.31. The SMILES string of the molecule is CCN(CC(=O)N(C)C)c1c(C=CC(=O)O)c(C)nn1C. The maximum absolute atomic E-state index is 11.9. The second kappa shape index (κ2) is 6.92. The number of hydrogen-bond donors (Lipinski definition) is 1. The summed E-state index contributed by atoms with van der Waals surface area (Å²) in [6, 6.07) is 0. The van der Waals surface area contributed by atoms with Gasteiger partial charge in [0.05, 0.1) is 12.2 Å². The zero-order chi connectivity index (χ0) is 16.2. The Morgan fingerprint density at radius 2 is 2.00 bits per heavy atom. The van der Waals surface area contributed by atoms with Gasteiger partial charge in [0, 0.05) is 39.3 Å². The van der Waals surface area contributed by atoms with Crippen molar-refractivity contribution in [2.45, 2.75) is 13.8 Å². The molecule has 0 spiro atoms. The van der Waals surface area contributed by atoms with Crippen LogP contribution >= 0.6 is 0 Å². The van der Waals surface area contributed by atoms with Crippen LogP contribution in [0, 0.1) is 6.92 Å². The average Bonchev–Trinajstić information content (AvgIpc) is 2.67. The van der Waals surface area contributed by atoms with Gasteiger partial charge in [0.15, 0.2) is 0 Å². The highest BCUT2D eigenvalue weighted by molar-refractivity contribution is 5.88. The Morgan fingerprint density at radius 1 is 1.38 bits per heavy atom. The van der Waals surface area contributed by atoms with Crippen LogP contribution in [0.3, 0.4) is 0 Å². The lowest BCUT2D eigenvalue weighted by Gasteiger charge is -2.24. The van der Waals surface area contributed by atoms with E-state index in [2.05, 4.69) is 5.10 Å². The number of aryl methyl sites for hydroxylation is 2. The predicted molar refractivity (Wildman–Crippen MR) is 81.2 cm³/mol. The smallest absolute Gasteiger partial charge is 0.328 e. The zero-order valence-corrected chi connectivity index (χ0v) is 13.1. The largest absolute Gasteiger partial charge is 0.478 e. The van der Waals surface area contributed by atoms with Crippen LogP contribution in [-0.2, 0) is 16.6 Å². The van der Waals surface area contributed by atoms with Gasteiger partial charge < -0.3 is 14.9 Å². The maximum atomic E-state index is 11.9. The minimum Gasteiger partial charge on any atom is -0.478 e. The maximum Gasteiger partial charge on any atom is 0.328 e. The Kier molecular flexibility index (Phi) is 5.52. The summed E-state index contributed by atoms with van der Waals surface area (Å²) >= 11 is 0. The molecule has 0 aromatic carbocycles. The number of aromatic nitrogens is 2. The third-order valence-corrected chi connectivity index (χ3v) is 3.14. The molecule has 0 saturated heterocycles. The van der Waals surface area contributed by atoms with Gasteiger partial charge in [-0.2, -0.15) is 5.10 Å². The van der Waals surface area contributed by atoms with Crippen molar-refractivity contribution < 1.29 is 14.7 Å². The first-order valence-corrected chi connectivity index (χ1v) is 6.67. The van der Waals surface area contributed by atoms with Gasteiger partial charge in [-0.3, -0.25) is 9.48 Å². The Balaban J connectivity index is 3.19. The zero-order valence-electron chi connectivity index (χ0n) is 13.1. The molecule has 1 N–H and O–H groups in total. The van der Waals surface area contributed by atoms with Gasteiger partial charge in [-0.25, -0.2) is 4.79 Å². The van der Waals surface area contributed by atoms with Gasteiger partial charge in [0.25, 0.3) is 0 Å². The average molecular weight is 294 g/mol. The summed E-state index contributed by atoms with van der Waals surface area (Å²) in [6.45, 7) is 4.59. The van der Waals surface area contributed by atoms with Crippen LogP contribution < -0.4 is 4.90 Å². The van der Waals surface area contributed by atoms with Crippen molar-refractivity contribution in [2.75, 3.05) is 32.1 Å². The van der Waals surface area contributed by atoms with Gasteiger partial charge in [0.2, 0.25) is 5.91 Å². The molecule has 1 amide bonds. The molecule has 0 aliphatic rings. The fourth-order valence-electron chi connectivity index (χ4n) is 2.03. The topological polar surface area (TPSA) is 78.7 Å². The highest BCUT2D eigenvalue weighted by Gasteiger charge is 2.19.